The lowest BCUT2D eigenvalue weighted by Crippen LogP contribution is -2.46. The standard InChI is InChI=1S/C17H17BrN2O2S/c18-13-4-1-3-12(11-13)17(22)20-8-6-14(7-9-20)19-16(21)15-5-2-10-23-15/h1-5,10-11,14H,6-9H2,(H,19,21). The van der Waals surface area contributed by atoms with E-state index >= 15 is 0 Å². The van der Waals surface area contributed by atoms with Crippen LogP contribution in [0.25, 0.3) is 0 Å². The lowest BCUT2D eigenvalue weighted by molar-refractivity contribution is 0.0698. The molecule has 0 aliphatic carbocycles. The number of carbonyl (C=O) groups excluding carboxylic acids is 2. The third kappa shape index (κ3) is 4.00. The highest BCUT2D eigenvalue weighted by atomic mass is 79.9. The summed E-state index contributed by atoms with van der Waals surface area (Å²) in [5, 5.41) is 4.95. The van der Waals surface area contributed by atoms with Gasteiger partial charge in [0.2, 0.25) is 0 Å². The Hall–Kier alpha value is -1.66. The molecule has 3 rings (SSSR count). The fraction of sp³-hybridized carbons (Fsp3) is 0.294. The second-order valence-corrected chi connectivity index (χ2v) is 7.39. The summed E-state index contributed by atoms with van der Waals surface area (Å²) in [6, 6.07) is 11.3. The maximum absolute atomic E-state index is 12.5. The van der Waals surface area contributed by atoms with Crippen molar-refractivity contribution in [2.75, 3.05) is 13.1 Å². The molecule has 0 atom stereocenters. The molecule has 1 fully saturated rings. The van der Waals surface area contributed by atoms with Gasteiger partial charge in [-0.25, -0.2) is 0 Å². The Kier molecular flexibility index (Phi) is 5.13. The van der Waals surface area contributed by atoms with Gasteiger partial charge in [-0.05, 0) is 42.5 Å². The van der Waals surface area contributed by atoms with Crippen LogP contribution in [0.1, 0.15) is 32.9 Å². The van der Waals surface area contributed by atoms with E-state index in [0.717, 1.165) is 22.2 Å². The first kappa shape index (κ1) is 16.2. The molecule has 2 amide bonds. The van der Waals surface area contributed by atoms with Crippen LogP contribution in [0.3, 0.4) is 0 Å². The summed E-state index contributed by atoms with van der Waals surface area (Å²) in [5.74, 6) is 0.0334. The minimum absolute atomic E-state index is 0.0169. The van der Waals surface area contributed by atoms with Crippen molar-refractivity contribution in [3.8, 4) is 0 Å². The third-order valence-electron chi connectivity index (χ3n) is 3.93. The normalized spacial score (nSPS) is 15.4. The largest absolute Gasteiger partial charge is 0.348 e. The van der Waals surface area contributed by atoms with E-state index in [2.05, 4.69) is 21.2 Å². The fourth-order valence-electron chi connectivity index (χ4n) is 2.70. The number of benzene rings is 1. The summed E-state index contributed by atoms with van der Waals surface area (Å²) >= 11 is 4.84. The van der Waals surface area contributed by atoms with Crippen LogP contribution in [0.2, 0.25) is 0 Å². The lowest BCUT2D eigenvalue weighted by Gasteiger charge is -2.32. The maximum Gasteiger partial charge on any atom is 0.261 e. The van der Waals surface area contributed by atoms with Crippen LogP contribution < -0.4 is 5.32 Å². The number of nitrogens with one attached hydrogen (secondary N) is 1. The predicted octanol–water partition coefficient (Wildman–Crippen LogP) is 3.55. The van der Waals surface area contributed by atoms with Crippen LogP contribution in [-0.2, 0) is 0 Å². The molecule has 0 bridgehead atoms. The first-order valence-electron chi connectivity index (χ1n) is 7.52. The molecule has 1 aliphatic heterocycles. The Morgan fingerprint density at radius 1 is 1.17 bits per heavy atom. The number of rotatable bonds is 3. The molecule has 1 aromatic carbocycles. The van der Waals surface area contributed by atoms with E-state index in [-0.39, 0.29) is 17.9 Å². The first-order chi connectivity index (χ1) is 11.1. The lowest BCUT2D eigenvalue weighted by atomic mass is 10.0. The molecule has 0 spiro atoms. The van der Waals surface area contributed by atoms with Crippen molar-refractivity contribution >= 4 is 39.1 Å². The van der Waals surface area contributed by atoms with Gasteiger partial charge in [0.1, 0.15) is 0 Å². The zero-order valence-electron chi connectivity index (χ0n) is 12.5. The van der Waals surface area contributed by atoms with Crippen LogP contribution in [0.15, 0.2) is 46.3 Å². The summed E-state index contributed by atoms with van der Waals surface area (Å²) in [4.78, 5) is 27.1. The van der Waals surface area contributed by atoms with Gasteiger partial charge in [0, 0.05) is 29.2 Å². The number of hydrogen-bond acceptors (Lipinski definition) is 3. The van der Waals surface area contributed by atoms with Crippen LogP contribution in [0.5, 0.6) is 0 Å². The van der Waals surface area contributed by atoms with Crippen molar-refractivity contribution in [2.24, 2.45) is 0 Å². The number of hydrogen-bond donors (Lipinski definition) is 1. The molecule has 0 radical (unpaired) electrons. The minimum Gasteiger partial charge on any atom is -0.348 e. The third-order valence-corrected chi connectivity index (χ3v) is 5.30. The summed E-state index contributed by atoms with van der Waals surface area (Å²) in [7, 11) is 0. The number of amides is 2. The van der Waals surface area contributed by atoms with E-state index in [1.54, 1.807) is 0 Å². The average molecular weight is 393 g/mol. The second-order valence-electron chi connectivity index (χ2n) is 5.53. The zero-order chi connectivity index (χ0) is 16.2. The summed E-state index contributed by atoms with van der Waals surface area (Å²) in [6.07, 6.45) is 1.58. The van der Waals surface area contributed by atoms with Gasteiger partial charge in [-0.15, -0.1) is 11.3 Å². The Labute approximate surface area is 147 Å². The first-order valence-corrected chi connectivity index (χ1v) is 9.20. The van der Waals surface area contributed by atoms with Gasteiger partial charge in [-0.3, -0.25) is 9.59 Å². The summed E-state index contributed by atoms with van der Waals surface area (Å²) in [6.45, 7) is 1.33. The van der Waals surface area contributed by atoms with Crippen LogP contribution >= 0.6 is 27.3 Å². The SMILES string of the molecule is O=C(NC1CCN(C(=O)c2cccc(Br)c2)CC1)c1cccs1. The Morgan fingerprint density at radius 2 is 1.96 bits per heavy atom. The molecule has 4 nitrogen and oxygen atoms in total. The molecule has 2 aromatic rings. The molecule has 0 unspecified atom stereocenters. The van der Waals surface area contributed by atoms with Gasteiger partial charge in [0.05, 0.1) is 4.88 Å². The molecule has 1 aliphatic rings. The molecule has 1 N–H and O–H groups in total. The number of halogens is 1. The van der Waals surface area contributed by atoms with Gasteiger partial charge in [-0.2, -0.15) is 0 Å². The van der Waals surface area contributed by atoms with Crippen molar-refractivity contribution in [3.63, 3.8) is 0 Å². The number of piperidine rings is 1. The zero-order valence-corrected chi connectivity index (χ0v) is 14.9. The predicted molar refractivity (Wildman–Crippen MR) is 94.9 cm³/mol. The van der Waals surface area contributed by atoms with Crippen LogP contribution in [-0.4, -0.2) is 35.8 Å². The molecular weight excluding hydrogens is 376 g/mol. The van der Waals surface area contributed by atoms with E-state index in [4.69, 9.17) is 0 Å². The molecule has 6 heteroatoms. The number of thiophene rings is 1. The van der Waals surface area contributed by atoms with E-state index < -0.39 is 0 Å². The Bertz CT molecular complexity index is 694. The van der Waals surface area contributed by atoms with Gasteiger partial charge < -0.3 is 10.2 Å². The number of carbonyl (C=O) groups is 2. The molecule has 0 saturated carbocycles. The molecule has 1 aromatic heterocycles. The highest BCUT2D eigenvalue weighted by molar-refractivity contribution is 9.10. The Morgan fingerprint density at radius 3 is 2.61 bits per heavy atom. The topological polar surface area (TPSA) is 49.4 Å². The molecule has 120 valence electrons. The molecular formula is C17H17BrN2O2S. The van der Waals surface area contributed by atoms with Gasteiger partial charge >= 0.3 is 0 Å². The van der Waals surface area contributed by atoms with Gasteiger partial charge in [0.25, 0.3) is 11.8 Å². The fourth-order valence-corrected chi connectivity index (χ4v) is 3.72. The molecule has 1 saturated heterocycles. The van der Waals surface area contributed by atoms with E-state index in [9.17, 15) is 9.59 Å². The van der Waals surface area contributed by atoms with Crippen molar-refractivity contribution < 1.29 is 9.59 Å². The van der Waals surface area contributed by atoms with E-state index in [1.165, 1.54) is 11.3 Å². The molecule has 2 heterocycles. The Balaban J connectivity index is 1.54. The quantitative estimate of drug-likeness (QED) is 0.867. The minimum atomic E-state index is -0.0169. The summed E-state index contributed by atoms with van der Waals surface area (Å²) in [5.41, 5.74) is 0.695. The van der Waals surface area contributed by atoms with Crippen molar-refractivity contribution in [2.45, 2.75) is 18.9 Å². The van der Waals surface area contributed by atoms with Crippen molar-refractivity contribution in [1.82, 2.24) is 10.2 Å². The van der Waals surface area contributed by atoms with Crippen molar-refractivity contribution in [3.05, 3.63) is 56.7 Å². The van der Waals surface area contributed by atoms with Crippen LogP contribution in [0, 0.1) is 0 Å². The second kappa shape index (κ2) is 7.27. The van der Waals surface area contributed by atoms with E-state index in [0.29, 0.717) is 18.7 Å². The number of likely N-dealkylation sites (tertiary alicyclic amines) is 1. The highest BCUT2D eigenvalue weighted by Crippen LogP contribution is 2.18. The van der Waals surface area contributed by atoms with Crippen molar-refractivity contribution in [1.29, 1.82) is 0 Å². The van der Waals surface area contributed by atoms with E-state index in [1.807, 2.05) is 46.7 Å². The van der Waals surface area contributed by atoms with Gasteiger partial charge in [-0.1, -0.05) is 28.1 Å². The monoisotopic (exact) mass is 392 g/mol. The van der Waals surface area contributed by atoms with Crippen LogP contribution in [0.4, 0.5) is 0 Å². The maximum atomic E-state index is 12.5. The molecule has 23 heavy (non-hydrogen) atoms. The average Bonchev–Trinajstić information content (AvgIpc) is 3.09. The van der Waals surface area contributed by atoms with Gasteiger partial charge in [0.15, 0.2) is 0 Å². The smallest absolute Gasteiger partial charge is 0.261 e. The highest BCUT2D eigenvalue weighted by Gasteiger charge is 2.25. The number of nitrogens with zero attached hydrogens (tertiary/aromatic N) is 1. The summed E-state index contributed by atoms with van der Waals surface area (Å²) < 4.78 is 0.904.